The van der Waals surface area contributed by atoms with Crippen molar-refractivity contribution < 1.29 is 19.0 Å². The van der Waals surface area contributed by atoms with Crippen LogP contribution in [0.3, 0.4) is 0 Å². The zero-order chi connectivity index (χ0) is 29.8. The summed E-state index contributed by atoms with van der Waals surface area (Å²) in [4.78, 5) is 32.9. The van der Waals surface area contributed by atoms with E-state index in [0.29, 0.717) is 47.2 Å². The van der Waals surface area contributed by atoms with Crippen LogP contribution in [0.2, 0.25) is 5.02 Å². The number of fused-ring (bicyclic) bond motifs is 1. The molecule has 5 rings (SSSR count). The summed E-state index contributed by atoms with van der Waals surface area (Å²) in [6.07, 6.45) is 1.72. The standard InChI is InChI=1S/C31H23BrClN3O5S/c1-3-40-30(38)25-26(19-7-5-4-6-8-19)35-31-36(27(25)20-9-11-21(33)12-10-20)29(37)24(42-31)17-18-15-22(32)28(41-14-13-34)23(16-18)39-2/h4-12,15-17,27H,3,14H2,1-2H3/b24-17-/t27-/m0/s1. The van der Waals surface area contributed by atoms with Crippen molar-refractivity contribution in [1.82, 2.24) is 4.57 Å². The number of methoxy groups -OCH3 is 1. The van der Waals surface area contributed by atoms with Crippen LogP contribution in [-0.2, 0) is 9.53 Å². The number of benzene rings is 3. The Morgan fingerprint density at radius 3 is 2.60 bits per heavy atom. The van der Waals surface area contributed by atoms with E-state index in [1.807, 2.05) is 36.4 Å². The molecule has 0 saturated carbocycles. The second-order valence-corrected chi connectivity index (χ2v) is 11.3. The van der Waals surface area contributed by atoms with Crippen molar-refractivity contribution in [1.29, 1.82) is 5.26 Å². The molecule has 0 N–H and O–H groups in total. The lowest BCUT2D eigenvalue weighted by atomic mass is 9.93. The minimum Gasteiger partial charge on any atom is -0.493 e. The predicted octanol–water partition coefficient (Wildman–Crippen LogP) is 5.26. The molecule has 8 nitrogen and oxygen atoms in total. The number of aromatic nitrogens is 1. The summed E-state index contributed by atoms with van der Waals surface area (Å²) in [5, 5.41) is 9.44. The Balaban J connectivity index is 1.77. The molecular formula is C31H23BrClN3O5S. The molecule has 0 bridgehead atoms. The lowest BCUT2D eigenvalue weighted by Crippen LogP contribution is -2.40. The fourth-order valence-electron chi connectivity index (χ4n) is 4.62. The van der Waals surface area contributed by atoms with Crippen LogP contribution in [0.5, 0.6) is 11.5 Å². The van der Waals surface area contributed by atoms with Gasteiger partial charge in [-0.15, -0.1) is 0 Å². The Morgan fingerprint density at radius 1 is 1.19 bits per heavy atom. The zero-order valence-electron chi connectivity index (χ0n) is 22.5. The van der Waals surface area contributed by atoms with E-state index < -0.39 is 12.0 Å². The van der Waals surface area contributed by atoms with Crippen LogP contribution in [0.1, 0.15) is 29.7 Å². The highest BCUT2D eigenvalue weighted by Crippen LogP contribution is 2.37. The van der Waals surface area contributed by atoms with Gasteiger partial charge in [-0.2, -0.15) is 5.26 Å². The minimum absolute atomic E-state index is 0.149. The van der Waals surface area contributed by atoms with E-state index in [2.05, 4.69) is 15.9 Å². The average molecular weight is 665 g/mol. The van der Waals surface area contributed by atoms with Gasteiger partial charge >= 0.3 is 5.97 Å². The van der Waals surface area contributed by atoms with E-state index >= 15 is 0 Å². The van der Waals surface area contributed by atoms with Crippen molar-refractivity contribution >= 4 is 56.6 Å². The highest BCUT2D eigenvalue weighted by atomic mass is 79.9. The second kappa shape index (κ2) is 12.8. The van der Waals surface area contributed by atoms with Gasteiger partial charge in [0.1, 0.15) is 6.07 Å². The van der Waals surface area contributed by atoms with Crippen molar-refractivity contribution in [2.75, 3.05) is 20.3 Å². The monoisotopic (exact) mass is 663 g/mol. The van der Waals surface area contributed by atoms with Gasteiger partial charge in [0.05, 0.1) is 40.0 Å². The van der Waals surface area contributed by atoms with Gasteiger partial charge in [-0.25, -0.2) is 9.79 Å². The fraction of sp³-hybridized carbons (Fsp3) is 0.161. The number of esters is 1. The topological polar surface area (TPSA) is 103 Å². The molecule has 1 aromatic heterocycles. The van der Waals surface area contributed by atoms with Gasteiger partial charge < -0.3 is 14.2 Å². The Hall–Kier alpha value is -4.17. The molecule has 1 aliphatic rings. The molecule has 0 radical (unpaired) electrons. The molecule has 42 heavy (non-hydrogen) atoms. The maximum Gasteiger partial charge on any atom is 0.338 e. The van der Waals surface area contributed by atoms with Gasteiger partial charge in [-0.3, -0.25) is 9.36 Å². The Labute approximate surface area is 258 Å². The average Bonchev–Trinajstić information content (AvgIpc) is 3.30. The number of nitrogens with zero attached hydrogens (tertiary/aromatic N) is 3. The number of nitriles is 1. The number of rotatable bonds is 8. The van der Waals surface area contributed by atoms with E-state index in [1.165, 1.54) is 23.0 Å². The zero-order valence-corrected chi connectivity index (χ0v) is 25.6. The highest BCUT2D eigenvalue weighted by Gasteiger charge is 2.35. The molecule has 1 atom stereocenters. The van der Waals surface area contributed by atoms with Crippen LogP contribution >= 0.6 is 38.9 Å². The number of carbonyl (C=O) groups excluding carboxylic acids is 1. The molecule has 1 aliphatic heterocycles. The summed E-state index contributed by atoms with van der Waals surface area (Å²) in [7, 11) is 1.49. The molecule has 0 unspecified atom stereocenters. The number of thiazole rings is 1. The smallest absolute Gasteiger partial charge is 0.338 e. The molecule has 2 heterocycles. The third-order valence-corrected chi connectivity index (χ3v) is 8.21. The molecule has 11 heteroatoms. The summed E-state index contributed by atoms with van der Waals surface area (Å²) in [6.45, 7) is 1.74. The van der Waals surface area contributed by atoms with Crippen LogP contribution in [-0.4, -0.2) is 30.9 Å². The van der Waals surface area contributed by atoms with Crippen molar-refractivity contribution in [3.8, 4) is 17.6 Å². The number of ether oxygens (including phenoxy) is 3. The van der Waals surface area contributed by atoms with E-state index in [0.717, 1.165) is 5.56 Å². The quantitative estimate of drug-likeness (QED) is 0.238. The maximum absolute atomic E-state index is 14.1. The first kappa shape index (κ1) is 29.3. The van der Waals surface area contributed by atoms with Crippen molar-refractivity contribution in [2.45, 2.75) is 13.0 Å². The molecule has 0 fully saturated rings. The molecule has 212 valence electrons. The molecule has 3 aromatic carbocycles. The van der Waals surface area contributed by atoms with Crippen LogP contribution in [0.4, 0.5) is 0 Å². The molecule has 0 saturated heterocycles. The Morgan fingerprint density at radius 2 is 1.93 bits per heavy atom. The SMILES string of the molecule is CCOC(=O)C1=C(c2ccccc2)N=c2s/c(=C\c3cc(Br)c(OCC#N)c(OC)c3)c(=O)n2[C@H]1c1ccc(Cl)cc1. The Kier molecular flexibility index (Phi) is 8.92. The van der Waals surface area contributed by atoms with E-state index in [1.54, 1.807) is 49.4 Å². The fourth-order valence-corrected chi connectivity index (χ4v) is 6.32. The molecule has 0 amide bonds. The van der Waals surface area contributed by atoms with Crippen LogP contribution in [0.15, 0.2) is 86.6 Å². The number of hydrogen-bond donors (Lipinski definition) is 0. The Bertz CT molecular complexity index is 1910. The van der Waals surface area contributed by atoms with Gasteiger partial charge in [0.25, 0.3) is 5.56 Å². The maximum atomic E-state index is 14.1. The summed E-state index contributed by atoms with van der Waals surface area (Å²) in [6, 6.07) is 21.0. The number of hydrogen-bond acceptors (Lipinski definition) is 8. The first-order valence-corrected chi connectivity index (χ1v) is 14.8. The summed E-state index contributed by atoms with van der Waals surface area (Å²) >= 11 is 10.9. The number of carbonyl (C=O) groups is 1. The van der Waals surface area contributed by atoms with Gasteiger partial charge in [0.2, 0.25) is 0 Å². The molecular weight excluding hydrogens is 642 g/mol. The van der Waals surface area contributed by atoms with Gasteiger partial charge in [-0.05, 0) is 64.3 Å². The van der Waals surface area contributed by atoms with Crippen molar-refractivity contribution in [3.05, 3.63) is 118 Å². The second-order valence-electron chi connectivity index (χ2n) is 8.96. The molecule has 0 aliphatic carbocycles. The van der Waals surface area contributed by atoms with Crippen LogP contribution in [0, 0.1) is 11.3 Å². The highest BCUT2D eigenvalue weighted by molar-refractivity contribution is 9.10. The van der Waals surface area contributed by atoms with Crippen LogP contribution in [0.25, 0.3) is 11.8 Å². The first-order valence-electron chi connectivity index (χ1n) is 12.8. The largest absolute Gasteiger partial charge is 0.493 e. The van der Waals surface area contributed by atoms with Gasteiger partial charge in [0.15, 0.2) is 22.9 Å². The minimum atomic E-state index is -0.807. The van der Waals surface area contributed by atoms with Crippen molar-refractivity contribution in [3.63, 3.8) is 0 Å². The van der Waals surface area contributed by atoms with Crippen LogP contribution < -0.4 is 24.4 Å². The summed E-state index contributed by atoms with van der Waals surface area (Å²) in [5.41, 5.74) is 2.43. The summed E-state index contributed by atoms with van der Waals surface area (Å²) in [5.74, 6) is 0.219. The lowest BCUT2D eigenvalue weighted by molar-refractivity contribution is -0.138. The molecule has 0 spiro atoms. The van der Waals surface area contributed by atoms with Crippen molar-refractivity contribution in [2.24, 2.45) is 4.99 Å². The third kappa shape index (κ3) is 5.77. The molecule has 4 aromatic rings. The lowest BCUT2D eigenvalue weighted by Gasteiger charge is -2.25. The van der Waals surface area contributed by atoms with E-state index in [-0.39, 0.29) is 24.3 Å². The van der Waals surface area contributed by atoms with Gasteiger partial charge in [-0.1, -0.05) is 65.4 Å². The van der Waals surface area contributed by atoms with E-state index in [4.69, 9.17) is 36.1 Å². The number of halogens is 2. The third-order valence-electron chi connectivity index (χ3n) is 6.39. The summed E-state index contributed by atoms with van der Waals surface area (Å²) < 4.78 is 18.9. The van der Waals surface area contributed by atoms with Gasteiger partial charge in [0, 0.05) is 10.6 Å². The van der Waals surface area contributed by atoms with E-state index in [9.17, 15) is 9.59 Å². The first-order chi connectivity index (χ1) is 20.4. The predicted molar refractivity (Wildman–Crippen MR) is 164 cm³/mol. The normalized spacial score (nSPS) is 14.5.